The molecule has 0 amide bonds. The van der Waals surface area contributed by atoms with Gasteiger partial charge in [-0.15, -0.1) is 0 Å². The normalized spacial score (nSPS) is 34.7. The largest absolute Gasteiger partial charge is 0.338 e. The Labute approximate surface area is 95.8 Å². The van der Waals surface area contributed by atoms with E-state index in [0.717, 1.165) is 30.6 Å². The molecule has 3 atom stereocenters. The Morgan fingerprint density at radius 2 is 2.25 bits per heavy atom. The zero-order valence-corrected chi connectivity index (χ0v) is 9.78. The summed E-state index contributed by atoms with van der Waals surface area (Å²) < 4.78 is 5.37. The third-order valence-corrected chi connectivity index (χ3v) is 3.88. The zero-order chi connectivity index (χ0) is 11.0. The molecule has 2 unspecified atom stereocenters. The summed E-state index contributed by atoms with van der Waals surface area (Å²) in [6.45, 7) is 3.38. The summed E-state index contributed by atoms with van der Waals surface area (Å²) in [5.41, 5.74) is 0. The van der Waals surface area contributed by atoms with Crippen molar-refractivity contribution < 1.29 is 4.52 Å². The van der Waals surface area contributed by atoms with Crippen molar-refractivity contribution in [3.63, 3.8) is 0 Å². The molecule has 4 nitrogen and oxygen atoms in total. The van der Waals surface area contributed by atoms with E-state index in [2.05, 4.69) is 22.4 Å². The summed E-state index contributed by atoms with van der Waals surface area (Å²) in [6, 6.07) is 0.306. The van der Waals surface area contributed by atoms with Gasteiger partial charge in [0.15, 0.2) is 5.82 Å². The Morgan fingerprint density at radius 3 is 2.94 bits per heavy atom. The number of nitrogens with zero attached hydrogens (tertiary/aromatic N) is 2. The van der Waals surface area contributed by atoms with Crippen LogP contribution in [0.2, 0.25) is 0 Å². The van der Waals surface area contributed by atoms with Crippen LogP contribution in [0.25, 0.3) is 0 Å². The van der Waals surface area contributed by atoms with Gasteiger partial charge in [0, 0.05) is 5.92 Å². The summed E-state index contributed by atoms with van der Waals surface area (Å²) in [4.78, 5) is 4.57. The summed E-state index contributed by atoms with van der Waals surface area (Å²) in [6.07, 6.45) is 6.08. The molecule has 1 saturated carbocycles. The molecule has 16 heavy (non-hydrogen) atoms. The molecule has 0 bridgehead atoms. The summed E-state index contributed by atoms with van der Waals surface area (Å²) in [5, 5.41) is 7.54. The molecule has 0 radical (unpaired) electrons. The number of aromatic nitrogens is 2. The molecule has 2 fully saturated rings. The molecular formula is C12H19N3O. The Balaban J connectivity index is 1.72. The van der Waals surface area contributed by atoms with Crippen LogP contribution in [0.3, 0.4) is 0 Å². The maximum Gasteiger partial charge on any atom is 0.243 e. The van der Waals surface area contributed by atoms with Crippen molar-refractivity contribution >= 4 is 0 Å². The Morgan fingerprint density at radius 1 is 1.31 bits per heavy atom. The minimum Gasteiger partial charge on any atom is -0.338 e. The third-order valence-electron chi connectivity index (χ3n) is 3.88. The number of hydrogen-bond donors (Lipinski definition) is 1. The van der Waals surface area contributed by atoms with Crippen molar-refractivity contribution in [2.45, 2.75) is 51.0 Å². The fraction of sp³-hybridized carbons (Fsp3) is 0.833. The van der Waals surface area contributed by atoms with Crippen molar-refractivity contribution in [2.75, 3.05) is 6.54 Å². The third kappa shape index (κ3) is 1.86. The quantitative estimate of drug-likeness (QED) is 0.833. The van der Waals surface area contributed by atoms with Gasteiger partial charge in [-0.1, -0.05) is 12.1 Å². The van der Waals surface area contributed by atoms with Crippen LogP contribution in [-0.2, 0) is 0 Å². The molecule has 1 aliphatic heterocycles. The Bertz CT molecular complexity index is 357. The first kappa shape index (κ1) is 10.3. The van der Waals surface area contributed by atoms with Crippen LogP contribution in [0.15, 0.2) is 4.52 Å². The molecule has 1 aliphatic carbocycles. The summed E-state index contributed by atoms with van der Waals surface area (Å²) in [5.74, 6) is 3.09. The average Bonchev–Trinajstić information content (AvgIpc) is 2.97. The molecule has 4 heteroatoms. The zero-order valence-electron chi connectivity index (χ0n) is 9.78. The van der Waals surface area contributed by atoms with Crippen molar-refractivity contribution in [3.05, 3.63) is 11.7 Å². The Hall–Kier alpha value is -0.900. The monoisotopic (exact) mass is 221 g/mol. The van der Waals surface area contributed by atoms with Crippen LogP contribution in [0.4, 0.5) is 0 Å². The Kier molecular flexibility index (Phi) is 2.67. The van der Waals surface area contributed by atoms with Gasteiger partial charge in [-0.3, -0.25) is 0 Å². The van der Waals surface area contributed by atoms with Gasteiger partial charge in [0.05, 0.1) is 6.04 Å². The van der Waals surface area contributed by atoms with Gasteiger partial charge in [-0.2, -0.15) is 4.98 Å². The first-order chi connectivity index (χ1) is 7.83. The van der Waals surface area contributed by atoms with E-state index >= 15 is 0 Å². The van der Waals surface area contributed by atoms with Crippen molar-refractivity contribution in [1.29, 1.82) is 0 Å². The molecular weight excluding hydrogens is 202 g/mol. The minimum absolute atomic E-state index is 0.306. The number of nitrogens with one attached hydrogen (secondary N) is 1. The van der Waals surface area contributed by atoms with Gasteiger partial charge in [0.1, 0.15) is 0 Å². The second-order valence-electron chi connectivity index (χ2n) is 5.25. The second-order valence-corrected chi connectivity index (χ2v) is 5.25. The lowest BCUT2D eigenvalue weighted by atomic mass is 10.1. The van der Waals surface area contributed by atoms with Crippen LogP contribution < -0.4 is 5.32 Å². The lowest BCUT2D eigenvalue weighted by Crippen LogP contribution is -2.13. The van der Waals surface area contributed by atoms with E-state index in [1.54, 1.807) is 0 Å². The lowest BCUT2D eigenvalue weighted by molar-refractivity contribution is 0.339. The van der Waals surface area contributed by atoms with Crippen LogP contribution >= 0.6 is 0 Å². The van der Waals surface area contributed by atoms with E-state index in [-0.39, 0.29) is 0 Å². The topological polar surface area (TPSA) is 51.0 Å². The molecule has 1 aromatic heterocycles. The molecule has 3 rings (SSSR count). The minimum atomic E-state index is 0.306. The smallest absolute Gasteiger partial charge is 0.243 e. The van der Waals surface area contributed by atoms with Gasteiger partial charge < -0.3 is 9.84 Å². The number of rotatable bonds is 2. The highest BCUT2D eigenvalue weighted by Crippen LogP contribution is 2.37. The van der Waals surface area contributed by atoms with E-state index in [0.29, 0.717) is 12.0 Å². The number of hydrogen-bond acceptors (Lipinski definition) is 4. The molecule has 0 aromatic carbocycles. The van der Waals surface area contributed by atoms with Crippen molar-refractivity contribution in [1.82, 2.24) is 15.5 Å². The van der Waals surface area contributed by atoms with Crippen LogP contribution in [0.5, 0.6) is 0 Å². The molecule has 1 aromatic rings. The first-order valence-electron chi connectivity index (χ1n) is 6.40. The maximum absolute atomic E-state index is 5.37. The second kappa shape index (κ2) is 4.17. The lowest BCUT2D eigenvalue weighted by Gasteiger charge is -2.03. The van der Waals surface area contributed by atoms with E-state index in [1.165, 1.54) is 25.7 Å². The van der Waals surface area contributed by atoms with Gasteiger partial charge in [0.2, 0.25) is 5.89 Å². The standard InChI is InChI=1S/C12H19N3O/c1-8-4-5-9(7-8)11-14-12(16-15-11)10-3-2-6-13-10/h8-10,13H,2-7H2,1H3/t8?,9?,10-/m1/s1. The SMILES string of the molecule is CC1CCC(c2noc([C@H]3CCCN3)n2)C1. The van der Waals surface area contributed by atoms with Gasteiger partial charge in [-0.05, 0) is 44.6 Å². The molecule has 0 spiro atoms. The van der Waals surface area contributed by atoms with Gasteiger partial charge >= 0.3 is 0 Å². The molecule has 1 N–H and O–H groups in total. The highest BCUT2D eigenvalue weighted by Gasteiger charge is 2.29. The van der Waals surface area contributed by atoms with E-state index in [1.807, 2.05) is 0 Å². The average molecular weight is 221 g/mol. The maximum atomic E-state index is 5.37. The predicted molar refractivity (Wildman–Crippen MR) is 60.0 cm³/mol. The molecule has 88 valence electrons. The van der Waals surface area contributed by atoms with E-state index in [9.17, 15) is 0 Å². The molecule has 2 heterocycles. The van der Waals surface area contributed by atoms with Crippen molar-refractivity contribution in [2.24, 2.45) is 5.92 Å². The molecule has 2 aliphatic rings. The van der Waals surface area contributed by atoms with Gasteiger partial charge in [-0.25, -0.2) is 0 Å². The van der Waals surface area contributed by atoms with Crippen LogP contribution in [0, 0.1) is 5.92 Å². The summed E-state index contributed by atoms with van der Waals surface area (Å²) >= 11 is 0. The highest BCUT2D eigenvalue weighted by molar-refractivity contribution is 5.02. The summed E-state index contributed by atoms with van der Waals surface area (Å²) in [7, 11) is 0. The van der Waals surface area contributed by atoms with Gasteiger partial charge in [0.25, 0.3) is 0 Å². The van der Waals surface area contributed by atoms with E-state index < -0.39 is 0 Å². The predicted octanol–water partition coefficient (Wildman–Crippen LogP) is 2.40. The fourth-order valence-corrected chi connectivity index (χ4v) is 2.89. The van der Waals surface area contributed by atoms with Crippen LogP contribution in [0.1, 0.15) is 62.7 Å². The molecule has 1 saturated heterocycles. The van der Waals surface area contributed by atoms with Crippen LogP contribution in [-0.4, -0.2) is 16.7 Å². The van der Waals surface area contributed by atoms with Crippen molar-refractivity contribution in [3.8, 4) is 0 Å². The highest BCUT2D eigenvalue weighted by atomic mass is 16.5. The first-order valence-corrected chi connectivity index (χ1v) is 6.40. The van der Waals surface area contributed by atoms with E-state index in [4.69, 9.17) is 4.52 Å². The fourth-order valence-electron chi connectivity index (χ4n) is 2.89.